The van der Waals surface area contributed by atoms with E-state index in [0.717, 1.165) is 5.69 Å². The van der Waals surface area contributed by atoms with Crippen LogP contribution in [0.3, 0.4) is 0 Å². The molecule has 1 nitrogen and oxygen atoms in total. The Labute approximate surface area is 130 Å². The maximum Gasteiger partial charge on any atom is 0.0903 e. The van der Waals surface area contributed by atoms with Crippen LogP contribution in [-0.2, 0) is 11.8 Å². The van der Waals surface area contributed by atoms with Crippen LogP contribution in [0.4, 0.5) is 5.69 Å². The normalized spacial score (nSPS) is 11.0. The topological polar surface area (TPSA) is 12.0 Å². The summed E-state index contributed by atoms with van der Waals surface area (Å²) in [5.41, 5.74) is 1.06. The minimum absolute atomic E-state index is 1.06. The summed E-state index contributed by atoms with van der Waals surface area (Å²) in [5, 5.41) is 5.97. The molecule has 0 aliphatic carbocycles. The fourth-order valence-electron chi connectivity index (χ4n) is 2.25. The molecule has 3 heteroatoms. The van der Waals surface area contributed by atoms with E-state index in [9.17, 15) is 0 Å². The lowest BCUT2D eigenvalue weighted by Gasteiger charge is -2.25. The molecule has 104 valence electrons. The maximum atomic E-state index is 6.12. The van der Waals surface area contributed by atoms with E-state index in [-0.39, 0.29) is 0 Å². The zero-order valence-corrected chi connectivity index (χ0v) is 13.2. The van der Waals surface area contributed by atoms with Crippen LogP contribution < -0.4 is 15.7 Å². The number of hydrogen-bond acceptors (Lipinski definition) is 1. The Morgan fingerprint density at radius 3 is 1.38 bits per heavy atom. The van der Waals surface area contributed by atoms with E-state index >= 15 is 0 Å². The molecule has 0 radical (unpaired) electrons. The molecular weight excluding hydrogens is 293 g/mol. The van der Waals surface area contributed by atoms with E-state index in [0.29, 0.717) is 0 Å². The van der Waals surface area contributed by atoms with Gasteiger partial charge in [0, 0.05) is 16.3 Å². The standard InChI is InChI=1S/C18H16NPS/c21-20(17-12-6-2-7-13-17,18-14-8-3-9-15-18)19-16-10-4-1-5-11-16/h1-15H,(H,19,21). The summed E-state index contributed by atoms with van der Waals surface area (Å²) in [6.45, 7) is 0. The fraction of sp³-hybridized carbons (Fsp3) is 0. The summed E-state index contributed by atoms with van der Waals surface area (Å²) >= 11 is 6.12. The summed E-state index contributed by atoms with van der Waals surface area (Å²) in [6, 6.07) is 30.9. The van der Waals surface area contributed by atoms with Crippen molar-refractivity contribution in [2.24, 2.45) is 0 Å². The van der Waals surface area contributed by atoms with Crippen molar-refractivity contribution in [3.8, 4) is 0 Å². The number of hydrogen-bond donors (Lipinski definition) is 1. The van der Waals surface area contributed by atoms with E-state index < -0.39 is 6.19 Å². The van der Waals surface area contributed by atoms with Gasteiger partial charge < -0.3 is 5.09 Å². The quantitative estimate of drug-likeness (QED) is 0.727. The highest BCUT2D eigenvalue weighted by molar-refractivity contribution is 8.22. The Bertz CT molecular complexity index is 698. The van der Waals surface area contributed by atoms with Crippen molar-refractivity contribution in [2.45, 2.75) is 0 Å². The van der Waals surface area contributed by atoms with Crippen LogP contribution in [0.2, 0.25) is 0 Å². The third-order valence-electron chi connectivity index (χ3n) is 3.30. The van der Waals surface area contributed by atoms with Gasteiger partial charge >= 0.3 is 0 Å². The Kier molecular flexibility index (Phi) is 4.19. The number of rotatable bonds is 4. The smallest absolute Gasteiger partial charge is 0.0903 e. The molecule has 0 bridgehead atoms. The van der Waals surface area contributed by atoms with Crippen LogP contribution in [0.15, 0.2) is 91.0 Å². The van der Waals surface area contributed by atoms with Crippen molar-refractivity contribution in [2.75, 3.05) is 5.09 Å². The van der Waals surface area contributed by atoms with Gasteiger partial charge in [-0.1, -0.05) is 90.7 Å². The van der Waals surface area contributed by atoms with Crippen LogP contribution in [-0.4, -0.2) is 0 Å². The highest BCUT2D eigenvalue weighted by Crippen LogP contribution is 2.43. The molecule has 0 spiro atoms. The molecule has 0 saturated carbocycles. The van der Waals surface area contributed by atoms with Crippen molar-refractivity contribution >= 4 is 34.3 Å². The summed E-state index contributed by atoms with van der Waals surface area (Å²) < 4.78 is 0. The molecule has 3 aromatic rings. The van der Waals surface area contributed by atoms with Crippen LogP contribution in [0.25, 0.3) is 0 Å². The highest BCUT2D eigenvalue weighted by atomic mass is 32.4. The van der Waals surface area contributed by atoms with Gasteiger partial charge in [0.05, 0.1) is 6.19 Å². The van der Waals surface area contributed by atoms with Gasteiger partial charge in [-0.2, -0.15) is 0 Å². The van der Waals surface area contributed by atoms with Crippen LogP contribution in [0.5, 0.6) is 0 Å². The Morgan fingerprint density at radius 1 is 0.571 bits per heavy atom. The lowest BCUT2D eigenvalue weighted by atomic mass is 10.3. The fourth-order valence-corrected chi connectivity index (χ4v) is 5.55. The Hall–Kier alpha value is -1.89. The molecule has 0 aliphatic heterocycles. The van der Waals surface area contributed by atoms with E-state index in [1.807, 2.05) is 54.6 Å². The average Bonchev–Trinajstić information content (AvgIpc) is 2.57. The van der Waals surface area contributed by atoms with Crippen molar-refractivity contribution < 1.29 is 0 Å². The third kappa shape index (κ3) is 3.07. The maximum absolute atomic E-state index is 6.12. The first kappa shape index (κ1) is 14.1. The van der Waals surface area contributed by atoms with Gasteiger partial charge in [-0.25, -0.2) is 0 Å². The molecule has 0 aliphatic rings. The van der Waals surface area contributed by atoms with Crippen LogP contribution in [0, 0.1) is 0 Å². The number of para-hydroxylation sites is 1. The molecule has 3 rings (SSSR count). The molecule has 0 amide bonds. The second-order valence-corrected chi connectivity index (χ2v) is 8.88. The SMILES string of the molecule is S=P(Nc1ccccc1)(c1ccccc1)c1ccccc1. The van der Waals surface area contributed by atoms with Crippen molar-refractivity contribution in [3.05, 3.63) is 91.0 Å². The second-order valence-electron chi connectivity index (χ2n) is 4.76. The minimum atomic E-state index is -2.06. The van der Waals surface area contributed by atoms with Gasteiger partial charge in [0.2, 0.25) is 0 Å². The van der Waals surface area contributed by atoms with Gasteiger partial charge in [0.1, 0.15) is 0 Å². The average molecular weight is 309 g/mol. The molecule has 0 unspecified atom stereocenters. The van der Waals surface area contributed by atoms with E-state index in [1.165, 1.54) is 10.6 Å². The lowest BCUT2D eigenvalue weighted by Crippen LogP contribution is -2.21. The van der Waals surface area contributed by atoms with E-state index in [2.05, 4.69) is 41.5 Å². The molecule has 3 aromatic carbocycles. The van der Waals surface area contributed by atoms with Crippen LogP contribution in [0.1, 0.15) is 0 Å². The van der Waals surface area contributed by atoms with Gasteiger partial charge in [-0.3, -0.25) is 0 Å². The largest absolute Gasteiger partial charge is 0.351 e. The van der Waals surface area contributed by atoms with Gasteiger partial charge in [-0.15, -0.1) is 0 Å². The van der Waals surface area contributed by atoms with E-state index in [1.54, 1.807) is 0 Å². The first-order chi connectivity index (χ1) is 10.3. The minimum Gasteiger partial charge on any atom is -0.351 e. The predicted octanol–water partition coefficient (Wildman–Crippen LogP) is 4.14. The molecule has 0 aromatic heterocycles. The summed E-state index contributed by atoms with van der Waals surface area (Å²) in [4.78, 5) is 0. The van der Waals surface area contributed by atoms with Crippen molar-refractivity contribution in [1.82, 2.24) is 0 Å². The zero-order valence-electron chi connectivity index (χ0n) is 11.5. The Morgan fingerprint density at radius 2 is 0.952 bits per heavy atom. The van der Waals surface area contributed by atoms with Crippen LogP contribution >= 0.6 is 6.19 Å². The third-order valence-corrected chi connectivity index (χ3v) is 7.46. The number of benzene rings is 3. The van der Waals surface area contributed by atoms with E-state index in [4.69, 9.17) is 11.8 Å². The molecule has 0 saturated heterocycles. The molecule has 1 N–H and O–H groups in total. The molecular formula is C18H16NPS. The summed E-state index contributed by atoms with van der Waals surface area (Å²) in [6.07, 6.45) is -2.06. The predicted molar refractivity (Wildman–Crippen MR) is 96.5 cm³/mol. The van der Waals surface area contributed by atoms with Gasteiger partial charge in [-0.05, 0) is 12.1 Å². The molecule has 21 heavy (non-hydrogen) atoms. The molecule has 0 heterocycles. The lowest BCUT2D eigenvalue weighted by molar-refractivity contribution is 1.66. The number of nitrogens with one attached hydrogen (secondary N) is 1. The monoisotopic (exact) mass is 309 g/mol. The summed E-state index contributed by atoms with van der Waals surface area (Å²) in [7, 11) is 0. The molecule has 0 fully saturated rings. The number of anilines is 1. The van der Waals surface area contributed by atoms with Gasteiger partial charge in [0.25, 0.3) is 0 Å². The molecule has 0 atom stereocenters. The first-order valence-electron chi connectivity index (χ1n) is 6.84. The first-order valence-corrected chi connectivity index (χ1v) is 9.64. The highest BCUT2D eigenvalue weighted by Gasteiger charge is 2.21. The Balaban J connectivity index is 2.10. The zero-order chi connectivity index (χ0) is 14.5. The summed E-state index contributed by atoms with van der Waals surface area (Å²) in [5.74, 6) is 0. The van der Waals surface area contributed by atoms with Gasteiger partial charge in [0.15, 0.2) is 0 Å². The van der Waals surface area contributed by atoms with Crippen molar-refractivity contribution in [3.63, 3.8) is 0 Å². The van der Waals surface area contributed by atoms with Crippen molar-refractivity contribution in [1.29, 1.82) is 0 Å². The second kappa shape index (κ2) is 6.26.